The van der Waals surface area contributed by atoms with Crippen LogP contribution in [0.5, 0.6) is 0 Å². The fourth-order valence-corrected chi connectivity index (χ4v) is 2.33. The Morgan fingerprint density at radius 3 is 0.722 bits per heavy atom. The van der Waals surface area contributed by atoms with E-state index in [2.05, 4.69) is 0 Å². The van der Waals surface area contributed by atoms with Gasteiger partial charge in [-0.3, -0.25) is 4.74 Å². The summed E-state index contributed by atoms with van der Waals surface area (Å²) >= 11 is 0. The molecule has 0 radical (unpaired) electrons. The molecule has 0 heterocycles. The van der Waals surface area contributed by atoms with E-state index in [-0.39, 0.29) is 0 Å². The van der Waals surface area contributed by atoms with E-state index in [0.29, 0.717) is 0 Å². The smallest absolute Gasteiger partial charge is 0.262 e. The third-order valence-corrected chi connectivity index (χ3v) is 3.92. The van der Waals surface area contributed by atoms with E-state index in [1.54, 1.807) is 0 Å². The van der Waals surface area contributed by atoms with Crippen LogP contribution in [-0.2, 0) is 4.74 Å². The summed E-state index contributed by atoms with van der Waals surface area (Å²) in [4.78, 5) is 0. The van der Waals surface area contributed by atoms with Crippen molar-refractivity contribution in [1.29, 1.82) is 0 Å². The van der Waals surface area contributed by atoms with Gasteiger partial charge in [0.15, 0.2) is 0 Å². The predicted molar refractivity (Wildman–Crippen MR) is 57.4 cm³/mol. The maximum atomic E-state index is 14.2. The molecule has 0 N–H and O–H groups in total. The van der Waals surface area contributed by atoms with Crippen molar-refractivity contribution in [2.45, 2.75) is 60.6 Å². The molecule has 0 aromatic carbocycles. The quantitative estimate of drug-likeness (QED) is 0.280. The molecule has 218 valence electrons. The molecule has 0 spiro atoms. The van der Waals surface area contributed by atoms with Gasteiger partial charge in [-0.15, -0.1) is 0 Å². The molecule has 0 bridgehead atoms. The van der Waals surface area contributed by atoms with E-state index in [1.807, 2.05) is 0 Å². The van der Waals surface area contributed by atoms with Crippen LogP contribution in [0.3, 0.4) is 0 Å². The molecule has 0 aromatic heterocycles. The maximum absolute atomic E-state index is 14.2. The average Bonchev–Trinajstić information content (AvgIpc) is 2.47. The summed E-state index contributed by atoms with van der Waals surface area (Å²) in [5, 5.41) is 0. The van der Waals surface area contributed by atoms with Crippen LogP contribution >= 0.6 is 0 Å². The molecular weight excluding hydrogens is 604 g/mol. The SMILES string of the molecule is FC(F)(F)C(F)(F)OC(F)(C(F)(F)F)C(F)(F)C(C(F)(F)F)(C(F)(F)C(F)(F)F)C(F)(F)C(F)(F)F. The minimum atomic E-state index is -10.2. The minimum Gasteiger partial charge on any atom is -0.262 e. The molecule has 1 atom stereocenters. The van der Waals surface area contributed by atoms with Crippen molar-refractivity contribution in [3.05, 3.63) is 0 Å². The Bertz CT molecular complexity index is 759. The van der Waals surface area contributed by atoms with E-state index >= 15 is 0 Å². The van der Waals surface area contributed by atoms with Crippen LogP contribution in [0.2, 0.25) is 0 Å². The summed E-state index contributed by atoms with van der Waals surface area (Å²) < 4.78 is 311. The van der Waals surface area contributed by atoms with E-state index in [9.17, 15) is 105 Å². The van der Waals surface area contributed by atoms with E-state index < -0.39 is 66.0 Å². The number of hydrogen-bond donors (Lipinski definition) is 0. The summed E-state index contributed by atoms with van der Waals surface area (Å²) in [5.41, 5.74) is -10.2. The lowest BCUT2D eigenvalue weighted by Crippen LogP contribution is -2.83. The molecular formula is C11F24O. The van der Waals surface area contributed by atoms with Gasteiger partial charge in [-0.05, 0) is 0 Å². The normalized spacial score (nSPS) is 18.3. The van der Waals surface area contributed by atoms with Gasteiger partial charge >= 0.3 is 60.6 Å². The minimum absolute atomic E-state index is 0.735. The van der Waals surface area contributed by atoms with Crippen LogP contribution in [0.4, 0.5) is 105 Å². The highest BCUT2D eigenvalue weighted by Crippen LogP contribution is 2.75. The first-order valence-corrected chi connectivity index (χ1v) is 7.19. The second-order valence-corrected chi connectivity index (χ2v) is 6.18. The lowest BCUT2D eigenvalue weighted by atomic mass is 9.65. The van der Waals surface area contributed by atoms with Gasteiger partial charge in [0.1, 0.15) is 0 Å². The van der Waals surface area contributed by atoms with Gasteiger partial charge in [-0.2, -0.15) is 105 Å². The molecule has 0 aliphatic heterocycles. The lowest BCUT2D eigenvalue weighted by molar-refractivity contribution is -0.562. The fraction of sp³-hybridized carbons (Fsp3) is 1.00. The van der Waals surface area contributed by atoms with Crippen molar-refractivity contribution < 1.29 is 110 Å². The zero-order valence-corrected chi connectivity index (χ0v) is 15.0. The highest BCUT2D eigenvalue weighted by Gasteiger charge is 3.05. The highest BCUT2D eigenvalue weighted by molar-refractivity contribution is 5.22. The largest absolute Gasteiger partial charge is 0.483 e. The molecule has 0 aromatic rings. The van der Waals surface area contributed by atoms with Crippen LogP contribution in [-0.4, -0.2) is 60.6 Å². The number of hydrogen-bond acceptors (Lipinski definition) is 1. The van der Waals surface area contributed by atoms with E-state index in [0.717, 1.165) is 4.74 Å². The Hall–Kier alpha value is -1.72. The second kappa shape index (κ2) is 8.14. The van der Waals surface area contributed by atoms with Crippen LogP contribution in [0, 0.1) is 5.41 Å². The summed E-state index contributed by atoms with van der Waals surface area (Å²) in [6.07, 6.45) is -52.5. The first-order valence-electron chi connectivity index (χ1n) is 7.19. The van der Waals surface area contributed by atoms with Gasteiger partial charge in [0, 0.05) is 0 Å². The van der Waals surface area contributed by atoms with Crippen molar-refractivity contribution in [2.24, 2.45) is 5.41 Å². The molecule has 25 heteroatoms. The van der Waals surface area contributed by atoms with Crippen LogP contribution < -0.4 is 0 Å². The maximum Gasteiger partial charge on any atom is 0.483 e. The molecule has 0 aliphatic rings. The monoisotopic (exact) mass is 604 g/mol. The van der Waals surface area contributed by atoms with E-state index in [4.69, 9.17) is 0 Å². The van der Waals surface area contributed by atoms with Crippen molar-refractivity contribution in [3.63, 3.8) is 0 Å². The standard InChI is InChI=1S/C11F24O/c12-2(13,5(18,9(28,29)30)36-11(34,35)10(31,32)33)1(6(19,20)21,3(14,15)7(22,23)24)4(16,17)8(25,26)27. The second-order valence-electron chi connectivity index (χ2n) is 6.18. The van der Waals surface area contributed by atoms with Crippen molar-refractivity contribution in [2.75, 3.05) is 0 Å². The molecule has 0 rings (SSSR count). The average molecular weight is 604 g/mol. The zero-order valence-electron chi connectivity index (χ0n) is 15.0. The van der Waals surface area contributed by atoms with Gasteiger partial charge in [0.05, 0.1) is 0 Å². The molecule has 36 heavy (non-hydrogen) atoms. The van der Waals surface area contributed by atoms with E-state index in [1.165, 1.54) is 0 Å². The molecule has 0 saturated carbocycles. The molecule has 1 unspecified atom stereocenters. The third-order valence-electron chi connectivity index (χ3n) is 3.92. The molecule has 0 amide bonds. The first kappa shape index (κ1) is 34.3. The number of alkyl halides is 24. The van der Waals surface area contributed by atoms with Crippen LogP contribution in [0.1, 0.15) is 0 Å². The predicted octanol–water partition coefficient (Wildman–Crippen LogP) is 7.97. The Kier molecular flexibility index (Phi) is 7.75. The summed E-state index contributed by atoms with van der Waals surface area (Å²) in [7, 11) is 0. The van der Waals surface area contributed by atoms with Gasteiger partial charge < -0.3 is 0 Å². The van der Waals surface area contributed by atoms with Crippen LogP contribution in [0.15, 0.2) is 0 Å². The van der Waals surface area contributed by atoms with Gasteiger partial charge in [-0.25, -0.2) is 0 Å². The van der Waals surface area contributed by atoms with Crippen molar-refractivity contribution in [3.8, 4) is 0 Å². The number of halogens is 24. The summed E-state index contributed by atoms with van der Waals surface area (Å²) in [6, 6.07) is 0. The third kappa shape index (κ3) is 4.34. The van der Waals surface area contributed by atoms with Gasteiger partial charge in [-0.1, -0.05) is 0 Å². The lowest BCUT2D eigenvalue weighted by Gasteiger charge is -2.52. The zero-order chi connectivity index (χ0) is 30.2. The number of ether oxygens (including phenoxy) is 1. The Balaban J connectivity index is 8.44. The fourth-order valence-electron chi connectivity index (χ4n) is 2.33. The van der Waals surface area contributed by atoms with Crippen molar-refractivity contribution in [1.82, 2.24) is 0 Å². The summed E-state index contributed by atoms with van der Waals surface area (Å²) in [6.45, 7) is 0. The highest BCUT2D eigenvalue weighted by atomic mass is 19.5. The Morgan fingerprint density at radius 2 is 0.556 bits per heavy atom. The number of rotatable bonds is 6. The molecule has 0 aliphatic carbocycles. The topological polar surface area (TPSA) is 9.23 Å². The van der Waals surface area contributed by atoms with Gasteiger partial charge in [0.2, 0.25) is 0 Å². The first-order chi connectivity index (χ1) is 15.0. The Labute approximate surface area is 177 Å². The Morgan fingerprint density at radius 1 is 0.278 bits per heavy atom. The van der Waals surface area contributed by atoms with Crippen LogP contribution in [0.25, 0.3) is 0 Å². The summed E-state index contributed by atoms with van der Waals surface area (Å²) in [5.74, 6) is -38.8. The molecule has 0 fully saturated rings. The van der Waals surface area contributed by atoms with Crippen molar-refractivity contribution >= 4 is 0 Å². The van der Waals surface area contributed by atoms with Gasteiger partial charge in [0.25, 0.3) is 5.41 Å². The molecule has 1 nitrogen and oxygen atoms in total. The molecule has 0 saturated heterocycles.